The van der Waals surface area contributed by atoms with Crippen LogP contribution < -0.4 is 14.8 Å². The standard InChI is InChI=1S/C23H19N3O3/c1-28-20-10-9-19(18-8-5-12-25-22(18)20)26-23(27)17-11-13-24-21(14-17)29-15-16-6-3-2-4-7-16/h2-14H,15H2,1H3,(H,26,27). The number of hydrogen-bond acceptors (Lipinski definition) is 5. The van der Waals surface area contributed by atoms with Crippen LogP contribution in [0.2, 0.25) is 0 Å². The van der Waals surface area contributed by atoms with Crippen molar-refractivity contribution in [3.05, 3.63) is 90.3 Å². The predicted octanol–water partition coefficient (Wildman–Crippen LogP) is 4.47. The third-order valence-electron chi connectivity index (χ3n) is 4.43. The molecular weight excluding hydrogens is 366 g/mol. The normalized spacial score (nSPS) is 10.5. The summed E-state index contributed by atoms with van der Waals surface area (Å²) in [5.74, 6) is 0.786. The highest BCUT2D eigenvalue weighted by Gasteiger charge is 2.12. The van der Waals surface area contributed by atoms with Crippen molar-refractivity contribution >= 4 is 22.5 Å². The first-order valence-electron chi connectivity index (χ1n) is 9.10. The SMILES string of the molecule is COc1ccc(NC(=O)c2ccnc(OCc3ccccc3)c2)c2cccnc12. The Morgan fingerprint density at radius 3 is 2.66 bits per heavy atom. The van der Waals surface area contributed by atoms with Crippen LogP contribution in [-0.2, 0) is 6.61 Å². The molecule has 29 heavy (non-hydrogen) atoms. The molecule has 144 valence electrons. The molecule has 0 unspecified atom stereocenters. The second-order valence-corrected chi connectivity index (χ2v) is 6.33. The van der Waals surface area contributed by atoms with Gasteiger partial charge in [-0.3, -0.25) is 9.78 Å². The van der Waals surface area contributed by atoms with E-state index in [0.717, 1.165) is 10.9 Å². The van der Waals surface area contributed by atoms with E-state index in [0.29, 0.717) is 35.0 Å². The van der Waals surface area contributed by atoms with Gasteiger partial charge in [0.15, 0.2) is 0 Å². The second-order valence-electron chi connectivity index (χ2n) is 6.33. The Balaban J connectivity index is 1.53. The number of methoxy groups -OCH3 is 1. The Labute approximate surface area is 168 Å². The molecular formula is C23H19N3O3. The molecule has 0 radical (unpaired) electrons. The summed E-state index contributed by atoms with van der Waals surface area (Å²) in [6.07, 6.45) is 3.25. The lowest BCUT2D eigenvalue weighted by molar-refractivity contribution is 0.102. The van der Waals surface area contributed by atoms with E-state index in [4.69, 9.17) is 9.47 Å². The number of hydrogen-bond donors (Lipinski definition) is 1. The van der Waals surface area contributed by atoms with E-state index in [9.17, 15) is 4.79 Å². The first kappa shape index (κ1) is 18.4. The number of amides is 1. The maximum absolute atomic E-state index is 12.8. The van der Waals surface area contributed by atoms with Crippen LogP contribution in [0.5, 0.6) is 11.6 Å². The minimum atomic E-state index is -0.257. The van der Waals surface area contributed by atoms with Crippen LogP contribution in [0.4, 0.5) is 5.69 Å². The third-order valence-corrected chi connectivity index (χ3v) is 4.43. The number of nitrogens with one attached hydrogen (secondary N) is 1. The Bertz CT molecular complexity index is 1150. The summed E-state index contributed by atoms with van der Waals surface area (Å²) >= 11 is 0. The summed E-state index contributed by atoms with van der Waals surface area (Å²) in [5, 5.41) is 3.74. The monoisotopic (exact) mass is 385 g/mol. The van der Waals surface area contributed by atoms with Crippen molar-refractivity contribution in [2.24, 2.45) is 0 Å². The lowest BCUT2D eigenvalue weighted by atomic mass is 10.1. The van der Waals surface area contributed by atoms with E-state index in [1.54, 1.807) is 43.8 Å². The van der Waals surface area contributed by atoms with Gasteiger partial charge in [-0.05, 0) is 35.9 Å². The summed E-state index contributed by atoms with van der Waals surface area (Å²) < 4.78 is 11.1. The number of carbonyl (C=O) groups is 1. The van der Waals surface area contributed by atoms with E-state index in [1.165, 1.54) is 0 Å². The van der Waals surface area contributed by atoms with Crippen LogP contribution in [0, 0.1) is 0 Å². The molecule has 0 saturated carbocycles. The van der Waals surface area contributed by atoms with Crippen LogP contribution in [-0.4, -0.2) is 23.0 Å². The minimum Gasteiger partial charge on any atom is -0.494 e. The molecule has 2 aromatic carbocycles. The predicted molar refractivity (Wildman–Crippen MR) is 111 cm³/mol. The van der Waals surface area contributed by atoms with Gasteiger partial charge in [0, 0.05) is 29.4 Å². The number of fused-ring (bicyclic) bond motifs is 1. The van der Waals surface area contributed by atoms with Gasteiger partial charge in [0.25, 0.3) is 5.91 Å². The molecule has 0 atom stereocenters. The van der Waals surface area contributed by atoms with E-state index in [1.807, 2.05) is 42.5 Å². The van der Waals surface area contributed by atoms with Gasteiger partial charge in [-0.1, -0.05) is 30.3 Å². The zero-order valence-electron chi connectivity index (χ0n) is 15.8. The lowest BCUT2D eigenvalue weighted by Crippen LogP contribution is -2.13. The molecule has 4 aromatic rings. The number of rotatable bonds is 6. The molecule has 0 aliphatic carbocycles. The van der Waals surface area contributed by atoms with Crippen molar-refractivity contribution in [3.63, 3.8) is 0 Å². The first-order valence-corrected chi connectivity index (χ1v) is 9.10. The van der Waals surface area contributed by atoms with Gasteiger partial charge in [0.1, 0.15) is 17.9 Å². The molecule has 1 N–H and O–H groups in total. The number of anilines is 1. The Morgan fingerprint density at radius 1 is 0.966 bits per heavy atom. The molecule has 2 heterocycles. The molecule has 2 aromatic heterocycles. The largest absolute Gasteiger partial charge is 0.494 e. The summed E-state index contributed by atoms with van der Waals surface area (Å²) in [6.45, 7) is 0.383. The number of ether oxygens (including phenoxy) is 2. The molecule has 0 aliphatic heterocycles. The van der Waals surface area contributed by atoms with E-state index >= 15 is 0 Å². The van der Waals surface area contributed by atoms with Crippen molar-refractivity contribution in [1.29, 1.82) is 0 Å². The highest BCUT2D eigenvalue weighted by atomic mass is 16.5. The molecule has 0 spiro atoms. The topological polar surface area (TPSA) is 73.3 Å². The van der Waals surface area contributed by atoms with Crippen molar-refractivity contribution < 1.29 is 14.3 Å². The third kappa shape index (κ3) is 4.16. The number of aromatic nitrogens is 2. The molecule has 6 nitrogen and oxygen atoms in total. The molecule has 0 saturated heterocycles. The van der Waals surface area contributed by atoms with Gasteiger partial charge >= 0.3 is 0 Å². The first-order chi connectivity index (χ1) is 14.2. The van der Waals surface area contributed by atoms with E-state index in [2.05, 4.69) is 15.3 Å². The Morgan fingerprint density at radius 2 is 1.83 bits per heavy atom. The second kappa shape index (κ2) is 8.39. The molecule has 6 heteroatoms. The van der Waals surface area contributed by atoms with E-state index < -0.39 is 0 Å². The van der Waals surface area contributed by atoms with Gasteiger partial charge < -0.3 is 14.8 Å². The van der Waals surface area contributed by atoms with Crippen molar-refractivity contribution in [2.75, 3.05) is 12.4 Å². The maximum atomic E-state index is 12.8. The summed E-state index contributed by atoms with van der Waals surface area (Å²) in [5.41, 5.74) is 2.83. The summed E-state index contributed by atoms with van der Waals surface area (Å²) in [6, 6.07) is 20.4. The van der Waals surface area contributed by atoms with Gasteiger partial charge in [-0.25, -0.2) is 4.98 Å². The Kier molecular flexibility index (Phi) is 5.33. The minimum absolute atomic E-state index is 0.257. The quantitative estimate of drug-likeness (QED) is 0.530. The summed E-state index contributed by atoms with van der Waals surface area (Å²) in [7, 11) is 1.59. The molecule has 0 fully saturated rings. The highest BCUT2D eigenvalue weighted by molar-refractivity contribution is 6.09. The average Bonchev–Trinajstić information content (AvgIpc) is 2.79. The number of benzene rings is 2. The smallest absolute Gasteiger partial charge is 0.255 e. The molecule has 0 bridgehead atoms. The average molecular weight is 385 g/mol. The fourth-order valence-electron chi connectivity index (χ4n) is 2.98. The fraction of sp³-hybridized carbons (Fsp3) is 0.0870. The van der Waals surface area contributed by atoms with Crippen LogP contribution in [0.25, 0.3) is 10.9 Å². The van der Waals surface area contributed by atoms with Gasteiger partial charge in [-0.15, -0.1) is 0 Å². The van der Waals surface area contributed by atoms with Gasteiger partial charge in [0.2, 0.25) is 5.88 Å². The van der Waals surface area contributed by atoms with Crippen molar-refractivity contribution in [2.45, 2.75) is 6.61 Å². The van der Waals surface area contributed by atoms with Crippen molar-refractivity contribution in [3.8, 4) is 11.6 Å². The van der Waals surface area contributed by atoms with Crippen LogP contribution in [0.1, 0.15) is 15.9 Å². The zero-order chi connectivity index (χ0) is 20.1. The highest BCUT2D eigenvalue weighted by Crippen LogP contribution is 2.30. The van der Waals surface area contributed by atoms with Gasteiger partial charge in [-0.2, -0.15) is 0 Å². The van der Waals surface area contributed by atoms with Crippen LogP contribution >= 0.6 is 0 Å². The number of nitrogens with zero attached hydrogens (tertiary/aromatic N) is 2. The molecule has 0 aliphatic rings. The zero-order valence-corrected chi connectivity index (χ0v) is 15.8. The number of carbonyl (C=O) groups excluding carboxylic acids is 1. The van der Waals surface area contributed by atoms with Crippen LogP contribution in [0.3, 0.4) is 0 Å². The fourth-order valence-corrected chi connectivity index (χ4v) is 2.98. The molecule has 4 rings (SSSR count). The van der Waals surface area contributed by atoms with E-state index in [-0.39, 0.29) is 5.91 Å². The summed E-state index contributed by atoms with van der Waals surface area (Å²) in [4.78, 5) is 21.3. The lowest BCUT2D eigenvalue weighted by Gasteiger charge is -2.11. The van der Waals surface area contributed by atoms with Crippen molar-refractivity contribution in [1.82, 2.24) is 9.97 Å². The van der Waals surface area contributed by atoms with Crippen LogP contribution in [0.15, 0.2) is 79.1 Å². The molecule has 1 amide bonds. The Hall–Kier alpha value is -3.93. The maximum Gasteiger partial charge on any atom is 0.255 e. The van der Waals surface area contributed by atoms with Gasteiger partial charge in [0.05, 0.1) is 12.8 Å². The number of pyridine rings is 2.